The Morgan fingerprint density at radius 1 is 0.270 bits per heavy atom. The number of halogens is 20. The Hall–Kier alpha value is -5.67. The van der Waals surface area contributed by atoms with Crippen LogP contribution >= 0.6 is 0 Å². The van der Waals surface area contributed by atoms with Gasteiger partial charge < -0.3 is 0 Å². The van der Waals surface area contributed by atoms with Crippen molar-refractivity contribution in [2.45, 2.75) is 35.1 Å². The summed E-state index contributed by atoms with van der Waals surface area (Å²) in [6, 6.07) is 21.3. The van der Waals surface area contributed by atoms with Gasteiger partial charge in [-0.3, -0.25) is 0 Å². The minimum Gasteiger partial charge on any atom is -0.203 e. The molecule has 334 valence electrons. The summed E-state index contributed by atoms with van der Waals surface area (Å²) in [6.45, 7) is 0. The van der Waals surface area contributed by atoms with Gasteiger partial charge in [0.15, 0.2) is 103 Å². The highest BCUT2D eigenvalue weighted by molar-refractivity contribution is 7.96. The normalized spacial score (nSPS) is 11.7. The van der Waals surface area contributed by atoms with E-state index in [1.807, 2.05) is 0 Å². The van der Waals surface area contributed by atoms with Crippen LogP contribution in [0.3, 0.4) is 0 Å². The van der Waals surface area contributed by atoms with Crippen molar-refractivity contribution in [1.82, 2.24) is 0 Å². The molecule has 0 unspecified atom stereocenters. The first-order chi connectivity index (χ1) is 29.5. The lowest BCUT2D eigenvalue weighted by Crippen LogP contribution is -2.49. The van der Waals surface area contributed by atoms with E-state index in [0.717, 1.165) is 0 Å². The van der Waals surface area contributed by atoms with Gasteiger partial charge in [-0.25, -0.2) is 87.8 Å². The highest BCUT2D eigenvalue weighted by Gasteiger charge is 2.40. The number of benzene rings is 6. The molecule has 0 spiro atoms. The zero-order valence-electron chi connectivity index (χ0n) is 31.1. The summed E-state index contributed by atoms with van der Waals surface area (Å²) in [4.78, 5) is 2.80. The molecule has 0 amide bonds. The maximum Gasteiger partial charge on any atom is 0.200 e. The summed E-state index contributed by atoms with van der Waals surface area (Å²) in [7, 11) is 0.203. The molecule has 6 aromatic rings. The van der Waals surface area contributed by atoms with Gasteiger partial charge in [-0.15, -0.1) is 25.3 Å². The van der Waals surface area contributed by atoms with Crippen LogP contribution in [0.15, 0.2) is 70.5 Å². The molecule has 6 aromatic carbocycles. The number of hydrogen-bond donors (Lipinski definition) is 0. The lowest BCUT2D eigenvalue weighted by molar-refractivity contribution is 0.368. The van der Waals surface area contributed by atoms with E-state index in [1.165, 1.54) is 9.79 Å². The molecule has 0 atom stereocenters. The van der Waals surface area contributed by atoms with Crippen molar-refractivity contribution in [2.75, 3.05) is 6.26 Å². The van der Waals surface area contributed by atoms with Gasteiger partial charge in [-0.2, -0.15) is 0 Å². The predicted molar refractivity (Wildman–Crippen MR) is 188 cm³/mol. The lowest BCUT2D eigenvalue weighted by atomic mass is 9.16. The third-order valence-corrected chi connectivity index (χ3v) is 11.9. The summed E-state index contributed by atoms with van der Waals surface area (Å²) in [5.74, 6) is -57.8. The Morgan fingerprint density at radius 2 is 0.429 bits per heavy atom. The van der Waals surface area contributed by atoms with E-state index in [2.05, 4.69) is 66.9 Å². The van der Waals surface area contributed by atoms with Crippen LogP contribution in [0.4, 0.5) is 87.8 Å². The first-order valence-electron chi connectivity index (χ1n) is 17.5. The zero-order chi connectivity index (χ0) is 47.0. The van der Waals surface area contributed by atoms with Gasteiger partial charge in [0.1, 0.15) is 6.26 Å². The monoisotopic (exact) mass is 936 g/mol. The summed E-state index contributed by atoms with van der Waals surface area (Å²) in [5.41, 5.74) is -8.97. The third kappa shape index (κ3) is 9.22. The molecule has 0 N–H and O–H groups in total. The van der Waals surface area contributed by atoms with Crippen molar-refractivity contribution < 1.29 is 87.8 Å². The van der Waals surface area contributed by atoms with Crippen LogP contribution in [0.1, 0.15) is 22.3 Å². The average molecular weight is 936 g/mol. The SMILES string of the molecule is C[S+](c1ccccc1)c1ccccc1.Fc1c(F)c(F)c(C[B-](Cc2c(F)c(F)c(F)c(F)c2F)(Cc2c(F)c(F)c(F)c(F)c2F)Cc2c(F)c(F)c(F)c(F)c2F)c(F)c1F. The minimum absolute atomic E-state index is 0.203. The molecule has 0 aromatic heterocycles. The van der Waals surface area contributed by atoms with Crippen molar-refractivity contribution in [1.29, 1.82) is 0 Å². The standard InChI is InChI=1S/C28H8BF20.C13H13S/c30-9-5(10(31)18(39)25(46)17(9)38)1-29(2-6-11(32)19(40)26(47)20(41)12(6)33,3-7-13(34)21(42)27(48)22(43)14(7)35)4-8-15(36)23(44)28(49)24(45)16(8)37;1-14(12-8-4-2-5-9-12)13-10-6-3-7-11-13/h1-4H2;2-11H,1H3/q-1;+1. The van der Waals surface area contributed by atoms with Gasteiger partial charge in [0.2, 0.25) is 23.3 Å². The van der Waals surface area contributed by atoms with Crippen LogP contribution in [0, 0.1) is 116 Å². The second-order valence-corrected chi connectivity index (χ2v) is 15.8. The third-order valence-electron chi connectivity index (χ3n) is 9.94. The van der Waals surface area contributed by atoms with E-state index in [1.54, 1.807) is 0 Å². The lowest BCUT2D eigenvalue weighted by Gasteiger charge is -2.41. The van der Waals surface area contributed by atoms with E-state index in [9.17, 15) is 87.8 Å². The molecule has 0 saturated heterocycles. The van der Waals surface area contributed by atoms with E-state index >= 15 is 0 Å². The molecular formula is C41H21BF20S. The molecule has 22 heteroatoms. The van der Waals surface area contributed by atoms with Gasteiger partial charge in [0, 0.05) is 6.15 Å². The molecular weight excluding hydrogens is 915 g/mol. The minimum atomic E-state index is -4.78. The Morgan fingerprint density at radius 3 is 0.603 bits per heavy atom. The zero-order valence-corrected chi connectivity index (χ0v) is 32.0. The number of hydrogen-bond acceptors (Lipinski definition) is 0. The van der Waals surface area contributed by atoms with Gasteiger partial charge in [-0.05, 0) is 46.5 Å². The highest BCUT2D eigenvalue weighted by atomic mass is 32.2. The Balaban J connectivity index is 0.000000449. The fourth-order valence-electron chi connectivity index (χ4n) is 6.87. The summed E-state index contributed by atoms with van der Waals surface area (Å²) in [5, 5.41) is 0. The quantitative estimate of drug-likeness (QED) is 0.0422. The number of rotatable bonds is 10. The van der Waals surface area contributed by atoms with E-state index in [-0.39, 0.29) is 10.9 Å². The predicted octanol–water partition coefficient (Wildman–Crippen LogP) is 12.7. The molecule has 0 radical (unpaired) electrons. The molecule has 0 bridgehead atoms. The second-order valence-electron chi connectivity index (χ2n) is 13.9. The fraction of sp³-hybridized carbons (Fsp3) is 0.122. The Kier molecular flexibility index (Phi) is 14.6. The topological polar surface area (TPSA) is 0 Å². The maximum absolute atomic E-state index is 14.9. The van der Waals surface area contributed by atoms with Crippen molar-refractivity contribution in [3.63, 3.8) is 0 Å². The molecule has 63 heavy (non-hydrogen) atoms. The van der Waals surface area contributed by atoms with Crippen LogP contribution in [-0.4, -0.2) is 12.4 Å². The second kappa shape index (κ2) is 19.0. The van der Waals surface area contributed by atoms with Gasteiger partial charge in [0.05, 0.1) is 10.9 Å². The first-order valence-corrected chi connectivity index (χ1v) is 19.1. The van der Waals surface area contributed by atoms with Crippen molar-refractivity contribution in [3.8, 4) is 0 Å². The van der Waals surface area contributed by atoms with Crippen LogP contribution in [0.25, 0.3) is 0 Å². The van der Waals surface area contributed by atoms with Gasteiger partial charge in [0.25, 0.3) is 0 Å². The fourth-order valence-corrected chi connectivity index (χ4v) is 8.27. The van der Waals surface area contributed by atoms with E-state index in [0.29, 0.717) is 0 Å². The molecule has 0 aliphatic carbocycles. The van der Waals surface area contributed by atoms with Crippen molar-refractivity contribution in [3.05, 3.63) is 199 Å². The summed E-state index contributed by atoms with van der Waals surface area (Å²) < 4.78 is 288. The van der Waals surface area contributed by atoms with Crippen LogP contribution in [-0.2, 0) is 36.2 Å². The van der Waals surface area contributed by atoms with Crippen LogP contribution < -0.4 is 0 Å². The average Bonchev–Trinajstić information content (AvgIpc) is 3.29. The van der Waals surface area contributed by atoms with E-state index < -0.39 is 170 Å². The summed E-state index contributed by atoms with van der Waals surface area (Å²) in [6.07, 6.45) is -11.7. The molecule has 0 heterocycles. The first kappa shape index (κ1) is 48.4. The van der Waals surface area contributed by atoms with E-state index in [4.69, 9.17) is 0 Å². The molecule has 0 nitrogen and oxygen atoms in total. The Labute approximate surface area is 345 Å². The van der Waals surface area contributed by atoms with Crippen molar-refractivity contribution >= 4 is 17.0 Å². The molecule has 0 fully saturated rings. The van der Waals surface area contributed by atoms with Gasteiger partial charge >= 0.3 is 0 Å². The molecule has 0 aliphatic rings. The smallest absolute Gasteiger partial charge is 0.200 e. The van der Waals surface area contributed by atoms with Crippen molar-refractivity contribution in [2.24, 2.45) is 0 Å². The highest BCUT2D eigenvalue weighted by Crippen LogP contribution is 2.37. The Bertz CT molecular complexity index is 2270. The van der Waals surface area contributed by atoms with Crippen LogP contribution in [0.2, 0.25) is 0 Å². The molecule has 6 rings (SSSR count). The van der Waals surface area contributed by atoms with Gasteiger partial charge in [-0.1, -0.05) is 36.4 Å². The maximum atomic E-state index is 14.9. The van der Waals surface area contributed by atoms with Crippen LogP contribution in [0.5, 0.6) is 0 Å². The largest absolute Gasteiger partial charge is 0.203 e. The molecule has 0 aliphatic heterocycles. The summed E-state index contributed by atoms with van der Waals surface area (Å²) >= 11 is 0. The molecule has 0 saturated carbocycles.